The number of benzene rings is 1. The molecule has 2 aliphatic heterocycles. The number of anilines is 1. The lowest BCUT2D eigenvalue weighted by molar-refractivity contribution is -0.153. The van der Waals surface area contributed by atoms with Crippen molar-refractivity contribution in [1.29, 1.82) is 0 Å². The Balaban J connectivity index is 1.48. The van der Waals surface area contributed by atoms with Gasteiger partial charge in [-0.05, 0) is 24.6 Å². The lowest BCUT2D eigenvalue weighted by Crippen LogP contribution is -2.50. The van der Waals surface area contributed by atoms with Crippen molar-refractivity contribution >= 4 is 23.5 Å². The highest BCUT2D eigenvalue weighted by molar-refractivity contribution is 5.89. The molecule has 1 atom stereocenters. The Morgan fingerprint density at radius 2 is 1.89 bits per heavy atom. The number of ether oxygens (including phenoxy) is 1. The highest BCUT2D eigenvalue weighted by atomic mass is 19.4. The first-order valence-corrected chi connectivity index (χ1v) is 8.90. The zero-order valence-electron chi connectivity index (χ0n) is 15.0. The van der Waals surface area contributed by atoms with E-state index in [1.807, 2.05) is 0 Å². The fourth-order valence-electron chi connectivity index (χ4n) is 3.21. The summed E-state index contributed by atoms with van der Waals surface area (Å²) in [6.45, 7) is 0.952. The Hall–Kier alpha value is -2.78. The van der Waals surface area contributed by atoms with E-state index in [0.717, 1.165) is 12.1 Å². The molecular formula is C18H20F3N3O4. The normalized spacial score (nSPS) is 20.1. The van der Waals surface area contributed by atoms with Crippen molar-refractivity contribution in [1.82, 2.24) is 10.2 Å². The number of amides is 2. The second kappa shape index (κ2) is 8.07. The maximum atomic E-state index is 12.9. The van der Waals surface area contributed by atoms with Crippen LogP contribution in [-0.4, -0.2) is 61.5 Å². The highest BCUT2D eigenvalue weighted by Gasteiger charge is 2.32. The number of alkyl halides is 3. The van der Waals surface area contributed by atoms with Gasteiger partial charge in [0.15, 0.2) is 6.61 Å². The molecule has 2 saturated heterocycles. The first kappa shape index (κ1) is 20.0. The van der Waals surface area contributed by atoms with Crippen LogP contribution in [0.5, 0.6) is 0 Å². The van der Waals surface area contributed by atoms with Crippen molar-refractivity contribution < 1.29 is 32.3 Å². The van der Waals surface area contributed by atoms with Crippen LogP contribution in [0.25, 0.3) is 0 Å². The van der Waals surface area contributed by atoms with Crippen LogP contribution in [0.1, 0.15) is 18.4 Å². The second-order valence-corrected chi connectivity index (χ2v) is 6.68. The fourth-order valence-corrected chi connectivity index (χ4v) is 3.21. The van der Waals surface area contributed by atoms with Crippen molar-refractivity contribution in [3.63, 3.8) is 0 Å². The molecule has 3 rings (SSSR count). The Morgan fingerprint density at radius 3 is 2.50 bits per heavy atom. The average Bonchev–Trinajstić information content (AvgIpc) is 3.12. The largest absolute Gasteiger partial charge is 0.454 e. The van der Waals surface area contributed by atoms with Crippen molar-refractivity contribution in [2.45, 2.75) is 25.1 Å². The van der Waals surface area contributed by atoms with Gasteiger partial charge in [0.25, 0.3) is 5.91 Å². The van der Waals surface area contributed by atoms with Crippen LogP contribution in [0.15, 0.2) is 24.3 Å². The van der Waals surface area contributed by atoms with E-state index in [-0.39, 0.29) is 18.2 Å². The average molecular weight is 399 g/mol. The molecule has 1 aromatic rings. The summed E-state index contributed by atoms with van der Waals surface area (Å²) >= 11 is 0. The molecule has 0 aromatic heterocycles. The topological polar surface area (TPSA) is 79.0 Å². The molecule has 2 aliphatic rings. The van der Waals surface area contributed by atoms with Crippen LogP contribution in [0.3, 0.4) is 0 Å². The molecule has 10 heteroatoms. The maximum Gasteiger partial charge on any atom is 0.416 e. The molecule has 0 saturated carbocycles. The van der Waals surface area contributed by atoms with Gasteiger partial charge in [-0.2, -0.15) is 13.2 Å². The molecule has 2 heterocycles. The lowest BCUT2D eigenvalue weighted by atomic mass is 10.1. The van der Waals surface area contributed by atoms with Crippen LogP contribution in [0.4, 0.5) is 18.9 Å². The quantitative estimate of drug-likeness (QED) is 0.770. The van der Waals surface area contributed by atoms with Crippen LogP contribution in [-0.2, 0) is 25.3 Å². The van der Waals surface area contributed by atoms with Crippen molar-refractivity contribution in [3.8, 4) is 0 Å². The number of carbonyl (C=O) groups is 3. The van der Waals surface area contributed by atoms with Gasteiger partial charge in [-0.3, -0.25) is 9.59 Å². The lowest BCUT2D eigenvalue weighted by Gasteiger charge is -2.36. The predicted octanol–water partition coefficient (Wildman–Crippen LogP) is 1.18. The van der Waals surface area contributed by atoms with Crippen molar-refractivity contribution in [2.24, 2.45) is 0 Å². The standard InChI is InChI=1S/C18H20F3N3O4/c19-18(20,21)12-2-1-3-13(10-12)23-6-8-24(9-7-23)16(26)11-28-17(27)14-4-5-15(25)22-14/h1-3,10,14H,4-9,11H2,(H,22,25)/t14-/m0/s1. The number of rotatable bonds is 4. The van der Waals surface area contributed by atoms with Gasteiger partial charge in [-0.15, -0.1) is 0 Å². The predicted molar refractivity (Wildman–Crippen MR) is 92.4 cm³/mol. The van der Waals surface area contributed by atoms with E-state index in [9.17, 15) is 27.6 Å². The van der Waals surface area contributed by atoms with Gasteiger partial charge >= 0.3 is 12.1 Å². The van der Waals surface area contributed by atoms with Crippen molar-refractivity contribution in [2.75, 3.05) is 37.7 Å². The summed E-state index contributed by atoms with van der Waals surface area (Å²) in [7, 11) is 0. The zero-order valence-corrected chi connectivity index (χ0v) is 15.0. The van der Waals surface area contributed by atoms with E-state index in [1.165, 1.54) is 11.0 Å². The van der Waals surface area contributed by atoms with Crippen LogP contribution < -0.4 is 10.2 Å². The molecule has 0 spiro atoms. The molecule has 0 radical (unpaired) electrons. The molecule has 0 bridgehead atoms. The highest BCUT2D eigenvalue weighted by Crippen LogP contribution is 2.31. The fraction of sp³-hybridized carbons (Fsp3) is 0.500. The van der Waals surface area contributed by atoms with Crippen molar-refractivity contribution in [3.05, 3.63) is 29.8 Å². The molecule has 28 heavy (non-hydrogen) atoms. The molecule has 1 N–H and O–H groups in total. The minimum Gasteiger partial charge on any atom is -0.454 e. The molecule has 7 nitrogen and oxygen atoms in total. The van der Waals surface area contributed by atoms with Crippen LogP contribution in [0, 0.1) is 0 Å². The number of hydrogen-bond donors (Lipinski definition) is 1. The molecule has 2 amide bonds. The smallest absolute Gasteiger partial charge is 0.416 e. The summed E-state index contributed by atoms with van der Waals surface area (Å²) in [6, 6.07) is 4.36. The SMILES string of the molecule is O=C1CC[C@@H](C(=O)OCC(=O)N2CCN(c3cccc(C(F)(F)F)c3)CC2)N1. The Kier molecular flexibility index (Phi) is 5.76. The Morgan fingerprint density at radius 1 is 1.18 bits per heavy atom. The van der Waals surface area contributed by atoms with Gasteiger partial charge in [0.2, 0.25) is 5.91 Å². The summed E-state index contributed by atoms with van der Waals surface area (Å²) < 4.78 is 43.5. The molecule has 152 valence electrons. The number of esters is 1. The minimum atomic E-state index is -4.41. The first-order chi connectivity index (χ1) is 13.2. The van der Waals surface area contributed by atoms with Gasteiger partial charge in [0.1, 0.15) is 6.04 Å². The van der Waals surface area contributed by atoms with E-state index in [2.05, 4.69) is 5.32 Å². The maximum absolute atomic E-state index is 12.9. The number of nitrogens with one attached hydrogen (secondary N) is 1. The Bertz CT molecular complexity index is 761. The summed E-state index contributed by atoms with van der Waals surface area (Å²) in [5.41, 5.74) is -0.264. The number of halogens is 3. The Labute approximate surface area is 159 Å². The monoisotopic (exact) mass is 399 g/mol. The third-order valence-corrected chi connectivity index (χ3v) is 4.79. The van der Waals surface area contributed by atoms with Gasteiger partial charge < -0.3 is 19.9 Å². The molecule has 1 aromatic carbocycles. The molecule has 0 unspecified atom stereocenters. The van der Waals surface area contributed by atoms with E-state index < -0.39 is 30.4 Å². The second-order valence-electron chi connectivity index (χ2n) is 6.68. The summed E-state index contributed by atoms with van der Waals surface area (Å²) in [5, 5.41) is 2.47. The molecule has 2 fully saturated rings. The van der Waals surface area contributed by atoms with E-state index in [1.54, 1.807) is 11.0 Å². The zero-order chi connectivity index (χ0) is 20.3. The van der Waals surface area contributed by atoms with Gasteiger partial charge in [-0.1, -0.05) is 6.07 Å². The summed E-state index contributed by atoms with van der Waals surface area (Å²) in [4.78, 5) is 38.4. The van der Waals surface area contributed by atoms with Gasteiger partial charge in [0, 0.05) is 38.3 Å². The molecular weight excluding hydrogens is 379 g/mol. The van der Waals surface area contributed by atoms with E-state index in [4.69, 9.17) is 4.74 Å². The molecule has 0 aliphatic carbocycles. The first-order valence-electron chi connectivity index (χ1n) is 8.90. The third kappa shape index (κ3) is 4.73. The van der Waals surface area contributed by atoms with Gasteiger partial charge in [-0.25, -0.2) is 4.79 Å². The number of piperazine rings is 1. The van der Waals surface area contributed by atoms with Crippen LogP contribution >= 0.6 is 0 Å². The number of hydrogen-bond acceptors (Lipinski definition) is 5. The number of nitrogens with zero attached hydrogens (tertiary/aromatic N) is 2. The van der Waals surface area contributed by atoms with Crippen LogP contribution in [0.2, 0.25) is 0 Å². The third-order valence-electron chi connectivity index (χ3n) is 4.79. The van der Waals surface area contributed by atoms with E-state index in [0.29, 0.717) is 38.3 Å². The number of carbonyl (C=O) groups excluding carboxylic acids is 3. The van der Waals surface area contributed by atoms with Gasteiger partial charge in [0.05, 0.1) is 5.56 Å². The summed E-state index contributed by atoms with van der Waals surface area (Å²) in [5.74, 6) is -1.23. The minimum absolute atomic E-state index is 0.223. The summed E-state index contributed by atoms with van der Waals surface area (Å²) in [6.07, 6.45) is -3.80. The van der Waals surface area contributed by atoms with E-state index >= 15 is 0 Å².